The van der Waals surface area contributed by atoms with Crippen molar-refractivity contribution in [3.8, 4) is 0 Å². The van der Waals surface area contributed by atoms with E-state index in [4.69, 9.17) is 0 Å². The van der Waals surface area contributed by atoms with Gasteiger partial charge in [0.1, 0.15) is 0 Å². The molecule has 1 fully saturated rings. The molecule has 82 valence electrons. The predicted molar refractivity (Wildman–Crippen MR) is 68.8 cm³/mol. The van der Waals surface area contributed by atoms with E-state index in [2.05, 4.69) is 42.2 Å². The Balaban J connectivity index is 2.02. The zero-order chi connectivity index (χ0) is 10.5. The van der Waals surface area contributed by atoms with Crippen molar-refractivity contribution in [2.45, 2.75) is 25.2 Å². The highest BCUT2D eigenvalue weighted by Gasteiger charge is 2.14. The number of hydrogen-bond acceptors (Lipinski definition) is 2. The van der Waals surface area contributed by atoms with Crippen LogP contribution in [0, 0.1) is 0 Å². The average molecular weight is 221 g/mol. The number of thiol groups is 1. The lowest BCUT2D eigenvalue weighted by molar-refractivity contribution is 0.460. The van der Waals surface area contributed by atoms with Crippen molar-refractivity contribution >= 4 is 12.6 Å². The zero-order valence-corrected chi connectivity index (χ0v) is 9.97. The molecule has 1 aliphatic heterocycles. The van der Waals surface area contributed by atoms with Crippen molar-refractivity contribution in [3.63, 3.8) is 0 Å². The van der Waals surface area contributed by atoms with E-state index < -0.39 is 0 Å². The Morgan fingerprint density at radius 2 is 1.80 bits per heavy atom. The molecule has 2 rings (SSSR count). The van der Waals surface area contributed by atoms with E-state index in [0.717, 1.165) is 18.1 Å². The van der Waals surface area contributed by atoms with Crippen LogP contribution in [0.25, 0.3) is 0 Å². The molecule has 0 aliphatic carbocycles. The first kappa shape index (κ1) is 11.0. The maximum Gasteiger partial charge on any atom is -0.00431 e. The third-order valence-electron chi connectivity index (χ3n) is 3.19. The van der Waals surface area contributed by atoms with Gasteiger partial charge in [-0.2, -0.15) is 12.6 Å². The van der Waals surface area contributed by atoms with Crippen molar-refractivity contribution in [1.29, 1.82) is 0 Å². The van der Waals surface area contributed by atoms with Gasteiger partial charge in [0.15, 0.2) is 0 Å². The molecule has 15 heavy (non-hydrogen) atoms. The van der Waals surface area contributed by atoms with E-state index in [-0.39, 0.29) is 0 Å². The van der Waals surface area contributed by atoms with E-state index in [1.165, 1.54) is 37.1 Å². The molecule has 1 N–H and O–H groups in total. The molecule has 0 atom stereocenters. The van der Waals surface area contributed by atoms with Crippen LogP contribution in [0.4, 0.5) is 0 Å². The van der Waals surface area contributed by atoms with Gasteiger partial charge in [-0.15, -0.1) is 0 Å². The summed E-state index contributed by atoms with van der Waals surface area (Å²) >= 11 is 4.25. The van der Waals surface area contributed by atoms with Gasteiger partial charge in [-0.1, -0.05) is 24.3 Å². The predicted octanol–water partition coefficient (Wildman–Crippen LogP) is 2.63. The maximum absolute atomic E-state index is 4.25. The van der Waals surface area contributed by atoms with Crippen molar-refractivity contribution in [3.05, 3.63) is 35.4 Å². The Morgan fingerprint density at radius 1 is 1.13 bits per heavy atom. The summed E-state index contributed by atoms with van der Waals surface area (Å²) in [5.74, 6) is 1.71. The van der Waals surface area contributed by atoms with E-state index >= 15 is 0 Å². The highest BCUT2D eigenvalue weighted by atomic mass is 32.1. The second kappa shape index (κ2) is 5.57. The molecule has 0 amide bonds. The molecule has 0 saturated carbocycles. The number of benzene rings is 1. The largest absolute Gasteiger partial charge is 0.317 e. The fourth-order valence-electron chi connectivity index (χ4n) is 2.24. The molecule has 0 radical (unpaired) electrons. The molecular formula is C13H19NS. The summed E-state index contributed by atoms with van der Waals surface area (Å²) in [5.41, 5.74) is 2.92. The standard InChI is InChI=1S/C13H19NS/c15-10-7-11-1-3-12(4-2-11)13-5-8-14-9-6-13/h1-4,13-15H,5-10H2. The number of piperidine rings is 1. The molecule has 0 bridgehead atoms. The van der Waals surface area contributed by atoms with Crippen LogP contribution in [-0.2, 0) is 6.42 Å². The molecule has 0 spiro atoms. The second-order valence-electron chi connectivity index (χ2n) is 4.24. The second-order valence-corrected chi connectivity index (χ2v) is 4.69. The van der Waals surface area contributed by atoms with Gasteiger partial charge in [0.2, 0.25) is 0 Å². The summed E-state index contributed by atoms with van der Waals surface area (Å²) in [6.45, 7) is 2.34. The van der Waals surface area contributed by atoms with Crippen LogP contribution in [0.1, 0.15) is 29.9 Å². The number of hydrogen-bond donors (Lipinski definition) is 2. The lowest BCUT2D eigenvalue weighted by Gasteiger charge is -2.23. The first-order valence-electron chi connectivity index (χ1n) is 5.80. The van der Waals surface area contributed by atoms with Crippen LogP contribution in [-0.4, -0.2) is 18.8 Å². The molecule has 1 aliphatic rings. The highest BCUT2D eigenvalue weighted by molar-refractivity contribution is 7.80. The molecule has 1 heterocycles. The molecular weight excluding hydrogens is 202 g/mol. The topological polar surface area (TPSA) is 12.0 Å². The van der Waals surface area contributed by atoms with E-state index in [0.29, 0.717) is 0 Å². The van der Waals surface area contributed by atoms with Gasteiger partial charge >= 0.3 is 0 Å². The van der Waals surface area contributed by atoms with Crippen LogP contribution >= 0.6 is 12.6 Å². The first-order chi connectivity index (χ1) is 7.40. The maximum atomic E-state index is 4.25. The fourth-order valence-corrected chi connectivity index (χ4v) is 2.50. The van der Waals surface area contributed by atoms with Gasteiger partial charge in [-0.3, -0.25) is 0 Å². The Hall–Kier alpha value is -0.470. The molecule has 2 heteroatoms. The normalized spacial score (nSPS) is 17.9. The number of rotatable bonds is 3. The Kier molecular flexibility index (Phi) is 4.09. The Morgan fingerprint density at radius 3 is 2.40 bits per heavy atom. The SMILES string of the molecule is SCCc1ccc(C2CCNCC2)cc1. The summed E-state index contributed by atoms with van der Waals surface area (Å²) in [4.78, 5) is 0. The van der Waals surface area contributed by atoms with Crippen molar-refractivity contribution in [1.82, 2.24) is 5.32 Å². The third kappa shape index (κ3) is 2.99. The minimum atomic E-state index is 0.774. The molecule has 1 aromatic carbocycles. The lowest BCUT2D eigenvalue weighted by atomic mass is 9.90. The van der Waals surface area contributed by atoms with Gasteiger partial charge in [-0.25, -0.2) is 0 Å². The fraction of sp³-hybridized carbons (Fsp3) is 0.538. The zero-order valence-electron chi connectivity index (χ0n) is 9.08. The van der Waals surface area contributed by atoms with Gasteiger partial charge < -0.3 is 5.32 Å². The van der Waals surface area contributed by atoms with E-state index in [9.17, 15) is 0 Å². The Labute approximate surface area is 97.7 Å². The smallest absolute Gasteiger partial charge is 0.00431 e. The molecule has 0 unspecified atom stereocenters. The molecule has 0 aromatic heterocycles. The number of aryl methyl sites for hydroxylation is 1. The summed E-state index contributed by atoms with van der Waals surface area (Å²) in [5, 5.41) is 3.41. The van der Waals surface area contributed by atoms with Gasteiger partial charge in [0.25, 0.3) is 0 Å². The van der Waals surface area contributed by atoms with Crippen molar-refractivity contribution < 1.29 is 0 Å². The van der Waals surface area contributed by atoms with E-state index in [1.807, 2.05) is 0 Å². The van der Waals surface area contributed by atoms with Crippen LogP contribution < -0.4 is 5.32 Å². The molecule has 1 aromatic rings. The lowest BCUT2D eigenvalue weighted by Crippen LogP contribution is -2.26. The van der Waals surface area contributed by atoms with Gasteiger partial charge in [0, 0.05) is 0 Å². The van der Waals surface area contributed by atoms with Crippen LogP contribution in [0.5, 0.6) is 0 Å². The summed E-state index contributed by atoms with van der Waals surface area (Å²) in [6.07, 6.45) is 3.65. The third-order valence-corrected chi connectivity index (χ3v) is 3.41. The van der Waals surface area contributed by atoms with Crippen molar-refractivity contribution in [2.24, 2.45) is 0 Å². The first-order valence-corrected chi connectivity index (χ1v) is 6.44. The van der Waals surface area contributed by atoms with Crippen molar-refractivity contribution in [2.75, 3.05) is 18.8 Å². The average Bonchev–Trinajstić information content (AvgIpc) is 2.32. The monoisotopic (exact) mass is 221 g/mol. The van der Waals surface area contributed by atoms with Gasteiger partial charge in [-0.05, 0) is 55.1 Å². The summed E-state index contributed by atoms with van der Waals surface area (Å²) in [7, 11) is 0. The van der Waals surface area contributed by atoms with Crippen LogP contribution in [0.3, 0.4) is 0 Å². The minimum Gasteiger partial charge on any atom is -0.317 e. The van der Waals surface area contributed by atoms with Crippen LogP contribution in [0.15, 0.2) is 24.3 Å². The summed E-state index contributed by atoms with van der Waals surface area (Å²) < 4.78 is 0. The Bertz CT molecular complexity index is 288. The molecule has 1 saturated heterocycles. The van der Waals surface area contributed by atoms with Crippen LogP contribution in [0.2, 0.25) is 0 Å². The van der Waals surface area contributed by atoms with Gasteiger partial charge in [0.05, 0.1) is 0 Å². The quantitative estimate of drug-likeness (QED) is 0.748. The molecule has 1 nitrogen and oxygen atoms in total. The summed E-state index contributed by atoms with van der Waals surface area (Å²) in [6, 6.07) is 9.12. The highest BCUT2D eigenvalue weighted by Crippen LogP contribution is 2.25. The minimum absolute atomic E-state index is 0.774. The van der Waals surface area contributed by atoms with E-state index in [1.54, 1.807) is 0 Å². The number of nitrogens with one attached hydrogen (secondary N) is 1.